The summed E-state index contributed by atoms with van der Waals surface area (Å²) < 4.78 is 2.44. The van der Waals surface area contributed by atoms with E-state index in [1.165, 1.54) is 70.7 Å². The van der Waals surface area contributed by atoms with Gasteiger partial charge in [-0.25, -0.2) is 0 Å². The average molecular weight is 594 g/mol. The maximum atomic E-state index is 4.26. The van der Waals surface area contributed by atoms with Crippen LogP contribution in [0.3, 0.4) is 0 Å². The zero-order valence-corrected chi connectivity index (χ0v) is 25.9. The second-order valence-electron chi connectivity index (χ2n) is 11.4. The third-order valence-corrected chi connectivity index (χ3v) is 9.77. The molecule has 6 aromatic carbocycles. The van der Waals surface area contributed by atoms with Gasteiger partial charge in [-0.2, -0.15) is 0 Å². The van der Waals surface area contributed by atoms with E-state index < -0.39 is 0 Å². The molecular formula is C43H31NS. The molecule has 0 saturated carbocycles. The van der Waals surface area contributed by atoms with E-state index >= 15 is 0 Å². The van der Waals surface area contributed by atoms with Gasteiger partial charge < -0.3 is 4.57 Å². The molecule has 7 aromatic rings. The van der Waals surface area contributed by atoms with Crippen LogP contribution in [0.15, 0.2) is 174 Å². The van der Waals surface area contributed by atoms with Crippen LogP contribution in [0.1, 0.15) is 12.5 Å². The maximum absolute atomic E-state index is 4.26. The summed E-state index contributed by atoms with van der Waals surface area (Å²) in [6.07, 6.45) is 8.13. The summed E-state index contributed by atoms with van der Waals surface area (Å²) in [6, 6.07) is 48.7. The maximum Gasteiger partial charge on any atom is 0.0681 e. The summed E-state index contributed by atoms with van der Waals surface area (Å²) in [6.45, 7) is 6.28. The number of benzene rings is 6. The molecule has 2 heterocycles. The molecule has 1 nitrogen and oxygen atoms in total. The Hall–Kier alpha value is -5.31. The molecule has 0 spiro atoms. The van der Waals surface area contributed by atoms with Crippen LogP contribution in [0.5, 0.6) is 0 Å². The number of fused-ring (bicyclic) bond motifs is 5. The topological polar surface area (TPSA) is 4.93 Å². The molecule has 0 bridgehead atoms. The largest absolute Gasteiger partial charge is 0.307 e. The number of allylic oxidation sites excluding steroid dienone is 5. The highest BCUT2D eigenvalue weighted by Crippen LogP contribution is 2.47. The quantitative estimate of drug-likeness (QED) is 0.174. The van der Waals surface area contributed by atoms with Gasteiger partial charge in [0.2, 0.25) is 0 Å². The molecule has 0 atom stereocenters. The molecule has 0 radical (unpaired) electrons. The predicted octanol–water partition coefficient (Wildman–Crippen LogP) is 12.4. The second kappa shape index (κ2) is 11.3. The SMILES string of the molecule is C=C(/C=C\C=C/C)c1cccc(-c2cccc(-c3ccc(-c4ccc5c(c4)c4cccc6c4n5-c4ccccc4S6)cc3)c2)c1. The van der Waals surface area contributed by atoms with Gasteiger partial charge in [0.25, 0.3) is 0 Å². The Morgan fingerprint density at radius 1 is 0.578 bits per heavy atom. The van der Waals surface area contributed by atoms with Crippen molar-refractivity contribution in [2.24, 2.45) is 0 Å². The van der Waals surface area contributed by atoms with Crippen LogP contribution in [-0.4, -0.2) is 4.57 Å². The van der Waals surface area contributed by atoms with Crippen molar-refractivity contribution in [3.05, 3.63) is 170 Å². The smallest absolute Gasteiger partial charge is 0.0681 e. The van der Waals surface area contributed by atoms with Crippen LogP contribution in [0.4, 0.5) is 0 Å². The highest BCUT2D eigenvalue weighted by molar-refractivity contribution is 7.99. The molecule has 0 N–H and O–H groups in total. The Morgan fingerprint density at radius 2 is 1.22 bits per heavy atom. The molecule has 0 saturated heterocycles. The number of nitrogens with zero attached hydrogens (tertiary/aromatic N) is 1. The number of hydrogen-bond acceptors (Lipinski definition) is 1. The lowest BCUT2D eigenvalue weighted by Crippen LogP contribution is -2.00. The molecule has 1 aliphatic heterocycles. The molecule has 1 aliphatic rings. The van der Waals surface area contributed by atoms with E-state index in [1.54, 1.807) is 0 Å². The Balaban J connectivity index is 1.12. The normalized spacial score (nSPS) is 12.4. The zero-order chi connectivity index (χ0) is 30.3. The van der Waals surface area contributed by atoms with Crippen molar-refractivity contribution in [2.45, 2.75) is 16.7 Å². The summed E-state index contributed by atoms with van der Waals surface area (Å²) in [5, 5.41) is 2.60. The summed E-state index contributed by atoms with van der Waals surface area (Å²) in [7, 11) is 0. The van der Waals surface area contributed by atoms with Gasteiger partial charge in [0.05, 0.1) is 16.7 Å². The van der Waals surface area contributed by atoms with E-state index in [0.29, 0.717) is 0 Å². The third kappa shape index (κ3) is 4.84. The molecule has 0 unspecified atom stereocenters. The first-order valence-corrected chi connectivity index (χ1v) is 16.1. The summed E-state index contributed by atoms with van der Waals surface area (Å²) in [5.74, 6) is 0. The average Bonchev–Trinajstić information content (AvgIpc) is 3.44. The second-order valence-corrected chi connectivity index (χ2v) is 12.5. The minimum atomic E-state index is 1.00. The van der Waals surface area contributed by atoms with Crippen molar-refractivity contribution in [2.75, 3.05) is 0 Å². The van der Waals surface area contributed by atoms with Gasteiger partial charge in [-0.3, -0.25) is 0 Å². The van der Waals surface area contributed by atoms with Crippen LogP contribution < -0.4 is 0 Å². The van der Waals surface area contributed by atoms with E-state index in [4.69, 9.17) is 0 Å². The van der Waals surface area contributed by atoms with Crippen LogP contribution in [-0.2, 0) is 0 Å². The molecule has 1 aromatic heterocycles. The lowest BCUT2D eigenvalue weighted by molar-refractivity contribution is 1.09. The van der Waals surface area contributed by atoms with Crippen LogP contribution in [0.25, 0.3) is 66.4 Å². The Kier molecular flexibility index (Phi) is 6.85. The number of aromatic nitrogens is 1. The molecule has 0 aliphatic carbocycles. The monoisotopic (exact) mass is 593 g/mol. The van der Waals surface area contributed by atoms with E-state index in [9.17, 15) is 0 Å². The number of hydrogen-bond donors (Lipinski definition) is 0. The first-order valence-electron chi connectivity index (χ1n) is 15.3. The van der Waals surface area contributed by atoms with E-state index in [2.05, 4.69) is 151 Å². The minimum Gasteiger partial charge on any atom is -0.307 e. The van der Waals surface area contributed by atoms with Gasteiger partial charge in [0.1, 0.15) is 0 Å². The summed E-state index contributed by atoms with van der Waals surface area (Å²) in [4.78, 5) is 2.61. The van der Waals surface area contributed by atoms with Gasteiger partial charge in [0.15, 0.2) is 0 Å². The highest BCUT2D eigenvalue weighted by Gasteiger charge is 2.22. The van der Waals surface area contributed by atoms with Crippen LogP contribution >= 0.6 is 11.8 Å². The first kappa shape index (κ1) is 27.3. The fourth-order valence-corrected chi connectivity index (χ4v) is 7.50. The van der Waals surface area contributed by atoms with Crippen LogP contribution in [0.2, 0.25) is 0 Å². The molecule has 214 valence electrons. The van der Waals surface area contributed by atoms with E-state index in [-0.39, 0.29) is 0 Å². The molecule has 0 fully saturated rings. The van der Waals surface area contributed by atoms with Crippen molar-refractivity contribution in [1.82, 2.24) is 4.57 Å². The summed E-state index contributed by atoms with van der Waals surface area (Å²) in [5.41, 5.74) is 13.2. The predicted molar refractivity (Wildman–Crippen MR) is 194 cm³/mol. The van der Waals surface area contributed by atoms with E-state index in [0.717, 1.165) is 11.1 Å². The van der Waals surface area contributed by atoms with Crippen molar-refractivity contribution in [1.29, 1.82) is 0 Å². The van der Waals surface area contributed by atoms with Gasteiger partial charge in [-0.05, 0) is 93.9 Å². The first-order chi connectivity index (χ1) is 22.2. The minimum absolute atomic E-state index is 1.00. The molecule has 2 heteroatoms. The van der Waals surface area contributed by atoms with Crippen molar-refractivity contribution in [3.63, 3.8) is 0 Å². The highest BCUT2D eigenvalue weighted by atomic mass is 32.2. The Labute approximate surface area is 268 Å². The molecule has 45 heavy (non-hydrogen) atoms. The van der Waals surface area contributed by atoms with Gasteiger partial charge >= 0.3 is 0 Å². The molecule has 0 amide bonds. The van der Waals surface area contributed by atoms with Gasteiger partial charge in [-0.1, -0.05) is 134 Å². The number of para-hydroxylation sites is 2. The Bertz CT molecular complexity index is 2310. The molecule has 8 rings (SSSR count). The fraction of sp³-hybridized carbons (Fsp3) is 0.0233. The van der Waals surface area contributed by atoms with Crippen molar-refractivity contribution in [3.8, 4) is 39.1 Å². The summed E-state index contributed by atoms with van der Waals surface area (Å²) >= 11 is 1.87. The lowest BCUT2D eigenvalue weighted by atomic mass is 9.95. The van der Waals surface area contributed by atoms with E-state index in [1.807, 2.05) is 36.9 Å². The van der Waals surface area contributed by atoms with Crippen molar-refractivity contribution >= 4 is 39.1 Å². The fourth-order valence-electron chi connectivity index (χ4n) is 6.41. The standard InChI is InChI=1S/C43H31NS/c1-3-4-5-11-29(2)32-12-8-14-34(26-32)35-15-9-13-33(27-35)30-20-22-31(23-21-30)36-24-25-39-38(28-36)37-16-10-19-42-43(37)44(39)40-17-6-7-18-41(40)45-42/h3-28H,2H2,1H3/b4-3-,11-5-. The third-order valence-electron chi connectivity index (χ3n) is 8.66. The van der Waals surface area contributed by atoms with Gasteiger partial charge in [-0.15, -0.1) is 0 Å². The zero-order valence-electron chi connectivity index (χ0n) is 25.1. The molecular weight excluding hydrogens is 563 g/mol. The van der Waals surface area contributed by atoms with Crippen LogP contribution in [0, 0.1) is 0 Å². The lowest BCUT2D eigenvalue weighted by Gasteiger charge is -2.19. The van der Waals surface area contributed by atoms with Crippen molar-refractivity contribution < 1.29 is 0 Å². The van der Waals surface area contributed by atoms with Gasteiger partial charge in [0, 0.05) is 20.6 Å². The number of rotatable bonds is 6. The Morgan fingerprint density at radius 3 is 2.02 bits per heavy atom.